The zero-order valence-corrected chi connectivity index (χ0v) is 24.2. The Morgan fingerprint density at radius 3 is 1.47 bits per heavy atom. The first-order valence-electron chi connectivity index (χ1n) is 16.0. The van der Waals surface area contributed by atoms with Gasteiger partial charge in [0.2, 0.25) is 0 Å². The molecular weight excluding hydrogens is 436 g/mol. The SMILES string of the molecule is CCCCCCCCCCCCCCCn1cc[n+](CCCCCCCCCC)c1-c1ccccc1. The zero-order valence-electron chi connectivity index (χ0n) is 24.2. The highest BCUT2D eigenvalue weighted by molar-refractivity contribution is 5.52. The lowest BCUT2D eigenvalue weighted by molar-refractivity contribution is -0.686. The van der Waals surface area contributed by atoms with Crippen molar-refractivity contribution in [1.29, 1.82) is 0 Å². The van der Waals surface area contributed by atoms with Crippen molar-refractivity contribution in [3.8, 4) is 11.4 Å². The number of imidazole rings is 1. The molecule has 0 bridgehead atoms. The first kappa shape index (κ1) is 30.7. The summed E-state index contributed by atoms with van der Waals surface area (Å²) in [5.74, 6) is 1.40. The van der Waals surface area contributed by atoms with Crippen LogP contribution in [0.3, 0.4) is 0 Å². The first-order chi connectivity index (χ1) is 17.9. The van der Waals surface area contributed by atoms with Gasteiger partial charge in [-0.1, -0.05) is 141 Å². The molecular formula is C34H59N2+. The Balaban J connectivity index is 1.65. The lowest BCUT2D eigenvalue weighted by Crippen LogP contribution is -2.34. The molecule has 0 aliphatic carbocycles. The molecule has 1 heterocycles. The highest BCUT2D eigenvalue weighted by atomic mass is 15.1. The maximum absolute atomic E-state index is 2.51. The number of hydrogen-bond acceptors (Lipinski definition) is 0. The minimum absolute atomic E-state index is 1.14. The quantitative estimate of drug-likeness (QED) is 0.101. The van der Waals surface area contributed by atoms with E-state index in [-0.39, 0.29) is 0 Å². The van der Waals surface area contributed by atoms with E-state index < -0.39 is 0 Å². The molecule has 204 valence electrons. The average molecular weight is 496 g/mol. The topological polar surface area (TPSA) is 8.81 Å². The van der Waals surface area contributed by atoms with Gasteiger partial charge in [-0.2, -0.15) is 0 Å². The van der Waals surface area contributed by atoms with E-state index in [0.29, 0.717) is 0 Å². The first-order valence-corrected chi connectivity index (χ1v) is 16.0. The van der Waals surface area contributed by atoms with Crippen LogP contribution in [-0.4, -0.2) is 4.57 Å². The average Bonchev–Trinajstić information content (AvgIpc) is 3.31. The predicted octanol–water partition coefficient (Wildman–Crippen LogP) is 10.7. The monoisotopic (exact) mass is 495 g/mol. The van der Waals surface area contributed by atoms with E-state index >= 15 is 0 Å². The Labute approximate surface area is 224 Å². The number of unbranched alkanes of at least 4 members (excludes halogenated alkanes) is 19. The molecule has 0 atom stereocenters. The maximum atomic E-state index is 2.51. The third-order valence-corrected chi connectivity index (χ3v) is 7.76. The summed E-state index contributed by atoms with van der Waals surface area (Å²) in [6.45, 7) is 6.89. The van der Waals surface area contributed by atoms with Crippen molar-refractivity contribution >= 4 is 0 Å². The van der Waals surface area contributed by atoms with Crippen LogP contribution in [0.1, 0.15) is 149 Å². The Morgan fingerprint density at radius 2 is 0.972 bits per heavy atom. The van der Waals surface area contributed by atoms with Gasteiger partial charge in [0.05, 0.1) is 18.7 Å². The van der Waals surface area contributed by atoms with E-state index in [0.717, 1.165) is 13.1 Å². The molecule has 0 radical (unpaired) electrons. The van der Waals surface area contributed by atoms with Crippen molar-refractivity contribution in [2.75, 3.05) is 0 Å². The van der Waals surface area contributed by atoms with Crippen LogP contribution in [0.2, 0.25) is 0 Å². The highest BCUT2D eigenvalue weighted by Crippen LogP contribution is 2.18. The molecule has 0 saturated heterocycles. The number of nitrogens with zero attached hydrogens (tertiary/aromatic N) is 2. The standard InChI is InChI=1S/C34H59N2/c1-3-5-7-9-11-13-14-15-16-17-19-21-26-30-36-32-31-35(34(36)33-27-23-22-24-28-33)29-25-20-18-12-10-8-6-4-2/h22-24,27-28,31-32H,3-21,25-26,29-30H2,1-2H3/q+1. The lowest BCUT2D eigenvalue weighted by atomic mass is 10.0. The van der Waals surface area contributed by atoms with Gasteiger partial charge in [0.1, 0.15) is 12.4 Å². The molecule has 0 saturated carbocycles. The smallest absolute Gasteiger partial charge is 0.230 e. The van der Waals surface area contributed by atoms with Gasteiger partial charge in [0, 0.05) is 0 Å². The molecule has 36 heavy (non-hydrogen) atoms. The number of aromatic nitrogens is 2. The molecule has 2 rings (SSSR count). The number of aryl methyl sites for hydroxylation is 2. The second-order valence-corrected chi connectivity index (χ2v) is 11.1. The number of hydrogen-bond donors (Lipinski definition) is 0. The molecule has 0 unspecified atom stereocenters. The van der Waals surface area contributed by atoms with Crippen LogP contribution in [0.25, 0.3) is 11.4 Å². The Morgan fingerprint density at radius 1 is 0.528 bits per heavy atom. The third kappa shape index (κ3) is 13.7. The summed E-state index contributed by atoms with van der Waals surface area (Å²) in [4.78, 5) is 0. The number of benzene rings is 1. The van der Waals surface area contributed by atoms with Crippen molar-refractivity contribution in [2.24, 2.45) is 0 Å². The summed E-state index contributed by atoms with van der Waals surface area (Å²) in [5.41, 5.74) is 1.36. The van der Waals surface area contributed by atoms with Crippen LogP contribution < -0.4 is 4.57 Å². The van der Waals surface area contributed by atoms with Crippen LogP contribution in [0.4, 0.5) is 0 Å². The third-order valence-electron chi connectivity index (χ3n) is 7.76. The van der Waals surface area contributed by atoms with Crippen LogP contribution in [0, 0.1) is 0 Å². The van der Waals surface area contributed by atoms with Crippen LogP contribution in [-0.2, 0) is 13.1 Å². The van der Waals surface area contributed by atoms with E-state index in [1.165, 1.54) is 146 Å². The molecule has 2 heteroatoms. The highest BCUT2D eigenvalue weighted by Gasteiger charge is 2.18. The molecule has 1 aromatic carbocycles. The summed E-state index contributed by atoms with van der Waals surface area (Å²) in [6.07, 6.45) is 34.1. The fourth-order valence-electron chi connectivity index (χ4n) is 5.46. The maximum Gasteiger partial charge on any atom is 0.288 e. The van der Waals surface area contributed by atoms with Crippen molar-refractivity contribution in [3.05, 3.63) is 42.7 Å². The van der Waals surface area contributed by atoms with Gasteiger partial charge in [-0.15, -0.1) is 0 Å². The van der Waals surface area contributed by atoms with Crippen LogP contribution in [0.15, 0.2) is 42.7 Å². The summed E-state index contributed by atoms with van der Waals surface area (Å²) >= 11 is 0. The largest absolute Gasteiger partial charge is 0.288 e. The molecule has 0 aliphatic heterocycles. The number of rotatable bonds is 24. The fourth-order valence-corrected chi connectivity index (χ4v) is 5.46. The molecule has 0 N–H and O–H groups in total. The van der Waals surface area contributed by atoms with Gasteiger partial charge < -0.3 is 0 Å². The van der Waals surface area contributed by atoms with E-state index in [1.54, 1.807) is 0 Å². The Hall–Kier alpha value is -1.57. The summed E-state index contributed by atoms with van der Waals surface area (Å²) in [6, 6.07) is 11.0. The van der Waals surface area contributed by atoms with Gasteiger partial charge >= 0.3 is 0 Å². The van der Waals surface area contributed by atoms with E-state index in [9.17, 15) is 0 Å². The van der Waals surface area contributed by atoms with Crippen molar-refractivity contribution in [2.45, 2.75) is 162 Å². The van der Waals surface area contributed by atoms with Crippen molar-refractivity contribution in [3.63, 3.8) is 0 Å². The molecule has 2 nitrogen and oxygen atoms in total. The predicted molar refractivity (Wildman–Crippen MR) is 158 cm³/mol. The summed E-state index contributed by atoms with van der Waals surface area (Å²) < 4.78 is 5.02. The second kappa shape index (κ2) is 21.5. The second-order valence-electron chi connectivity index (χ2n) is 11.1. The Bertz CT molecular complexity index is 733. The van der Waals surface area contributed by atoms with E-state index in [1.807, 2.05) is 0 Å². The van der Waals surface area contributed by atoms with Crippen LogP contribution >= 0.6 is 0 Å². The van der Waals surface area contributed by atoms with Crippen molar-refractivity contribution < 1.29 is 4.57 Å². The fraction of sp³-hybridized carbons (Fsp3) is 0.735. The van der Waals surface area contributed by atoms with Crippen molar-refractivity contribution in [1.82, 2.24) is 4.57 Å². The van der Waals surface area contributed by atoms with Gasteiger partial charge in [-0.3, -0.25) is 0 Å². The van der Waals surface area contributed by atoms with E-state index in [2.05, 4.69) is 65.7 Å². The normalized spacial score (nSPS) is 11.4. The molecule has 1 aromatic heterocycles. The summed E-state index contributed by atoms with van der Waals surface area (Å²) in [7, 11) is 0. The minimum atomic E-state index is 1.14. The van der Waals surface area contributed by atoms with Gasteiger partial charge in [0.15, 0.2) is 0 Å². The lowest BCUT2D eigenvalue weighted by Gasteiger charge is -2.07. The molecule has 2 aromatic rings. The van der Waals surface area contributed by atoms with E-state index in [4.69, 9.17) is 0 Å². The molecule has 0 amide bonds. The Kier molecular flexibility index (Phi) is 18.3. The van der Waals surface area contributed by atoms with Gasteiger partial charge in [0.25, 0.3) is 5.82 Å². The molecule has 0 aliphatic rings. The zero-order chi connectivity index (χ0) is 25.5. The summed E-state index contributed by atoms with van der Waals surface area (Å²) in [5, 5.41) is 0. The molecule has 0 fully saturated rings. The molecule has 0 spiro atoms. The minimum Gasteiger partial charge on any atom is -0.230 e. The van der Waals surface area contributed by atoms with Crippen LogP contribution in [0.5, 0.6) is 0 Å². The van der Waals surface area contributed by atoms with Gasteiger partial charge in [-0.05, 0) is 37.8 Å². The van der Waals surface area contributed by atoms with Gasteiger partial charge in [-0.25, -0.2) is 9.13 Å².